The third-order valence-electron chi connectivity index (χ3n) is 4.02. The second-order valence-electron chi connectivity index (χ2n) is 7.26. The lowest BCUT2D eigenvalue weighted by Gasteiger charge is -2.38. The topological polar surface area (TPSA) is 66.4 Å². The Morgan fingerprint density at radius 2 is 1.91 bits per heavy atom. The average molecular weight is 323 g/mol. The van der Waals surface area contributed by atoms with E-state index in [2.05, 4.69) is 20.8 Å². The molecule has 0 aromatic heterocycles. The normalized spacial score (nSPS) is 26.3. The summed E-state index contributed by atoms with van der Waals surface area (Å²) in [6.07, 6.45) is -3.39. The van der Waals surface area contributed by atoms with Gasteiger partial charge in [-0.25, -0.2) is 4.79 Å². The number of rotatable bonds is 5. The minimum atomic E-state index is -4.63. The Morgan fingerprint density at radius 3 is 2.36 bits per heavy atom. The Hall–Kier alpha value is -1.27. The van der Waals surface area contributed by atoms with E-state index in [1.807, 2.05) is 5.32 Å². The van der Waals surface area contributed by atoms with Crippen LogP contribution in [0.25, 0.3) is 0 Å². The fourth-order valence-corrected chi connectivity index (χ4v) is 3.65. The van der Waals surface area contributed by atoms with Gasteiger partial charge in [0.15, 0.2) is 0 Å². The Kier molecular flexibility index (Phi) is 5.87. The van der Waals surface area contributed by atoms with E-state index in [1.54, 1.807) is 0 Å². The Morgan fingerprint density at radius 1 is 1.32 bits per heavy atom. The predicted molar refractivity (Wildman–Crippen MR) is 75.1 cm³/mol. The van der Waals surface area contributed by atoms with Gasteiger partial charge < -0.3 is 10.4 Å². The zero-order chi connectivity index (χ0) is 17.1. The molecule has 0 radical (unpaired) electrons. The molecule has 0 bridgehead atoms. The maximum Gasteiger partial charge on any atom is 0.391 e. The summed E-state index contributed by atoms with van der Waals surface area (Å²) in [7, 11) is 0. The van der Waals surface area contributed by atoms with E-state index in [9.17, 15) is 22.8 Å². The number of hydrogen-bond donors (Lipinski definition) is 2. The van der Waals surface area contributed by atoms with Crippen LogP contribution in [0, 0.1) is 17.3 Å². The number of carboxylic acids is 1. The van der Waals surface area contributed by atoms with Crippen LogP contribution in [0.5, 0.6) is 0 Å². The molecule has 1 aliphatic rings. The highest BCUT2D eigenvalue weighted by atomic mass is 19.4. The monoisotopic (exact) mass is 323 g/mol. The van der Waals surface area contributed by atoms with Crippen LogP contribution in [-0.4, -0.2) is 29.2 Å². The summed E-state index contributed by atoms with van der Waals surface area (Å²) < 4.78 is 36.9. The number of amides is 1. The lowest BCUT2D eigenvalue weighted by atomic mass is 9.67. The number of carbonyl (C=O) groups is 2. The van der Waals surface area contributed by atoms with Crippen molar-refractivity contribution in [3.05, 3.63) is 0 Å². The van der Waals surface area contributed by atoms with Gasteiger partial charge >= 0.3 is 12.1 Å². The van der Waals surface area contributed by atoms with E-state index < -0.39 is 30.5 Å². The summed E-state index contributed by atoms with van der Waals surface area (Å²) in [5.74, 6) is -1.75. The molecule has 4 nitrogen and oxygen atoms in total. The van der Waals surface area contributed by atoms with Crippen molar-refractivity contribution in [2.24, 2.45) is 17.3 Å². The molecule has 22 heavy (non-hydrogen) atoms. The van der Waals surface area contributed by atoms with Crippen LogP contribution in [-0.2, 0) is 9.59 Å². The number of halogens is 3. The van der Waals surface area contributed by atoms with E-state index in [-0.39, 0.29) is 17.8 Å². The maximum atomic E-state index is 12.3. The predicted octanol–water partition coefficient (Wildman–Crippen LogP) is 3.36. The van der Waals surface area contributed by atoms with Gasteiger partial charge in [-0.3, -0.25) is 4.79 Å². The lowest BCUT2D eigenvalue weighted by Crippen LogP contribution is -2.44. The maximum absolute atomic E-state index is 12.3. The van der Waals surface area contributed by atoms with Crippen molar-refractivity contribution in [1.29, 1.82) is 0 Å². The summed E-state index contributed by atoms with van der Waals surface area (Å²) in [6, 6.07) is -1.92. The van der Waals surface area contributed by atoms with Crippen molar-refractivity contribution in [3.8, 4) is 0 Å². The van der Waals surface area contributed by atoms with Crippen LogP contribution < -0.4 is 5.32 Å². The molecule has 3 atom stereocenters. The molecule has 2 N–H and O–H groups in total. The van der Waals surface area contributed by atoms with Crippen molar-refractivity contribution in [2.45, 2.75) is 65.1 Å². The van der Waals surface area contributed by atoms with E-state index in [0.717, 1.165) is 19.3 Å². The van der Waals surface area contributed by atoms with Gasteiger partial charge in [-0.2, -0.15) is 13.2 Å². The zero-order valence-corrected chi connectivity index (χ0v) is 13.2. The van der Waals surface area contributed by atoms with Crippen LogP contribution in [0.15, 0.2) is 0 Å². The third-order valence-corrected chi connectivity index (χ3v) is 4.02. The van der Waals surface area contributed by atoms with E-state index in [0.29, 0.717) is 5.92 Å². The first-order chi connectivity index (χ1) is 9.88. The molecule has 7 heteroatoms. The van der Waals surface area contributed by atoms with Gasteiger partial charge in [0.2, 0.25) is 5.91 Å². The number of aliphatic carboxylic acids is 1. The molecule has 0 saturated heterocycles. The van der Waals surface area contributed by atoms with Crippen molar-refractivity contribution in [3.63, 3.8) is 0 Å². The Balaban J connectivity index is 2.58. The summed E-state index contributed by atoms with van der Waals surface area (Å²) in [5.41, 5.74) is 0.0980. The summed E-state index contributed by atoms with van der Waals surface area (Å²) >= 11 is 0. The smallest absolute Gasteiger partial charge is 0.391 e. The minimum absolute atomic E-state index is 0.0788. The molecule has 1 saturated carbocycles. The van der Waals surface area contributed by atoms with Gasteiger partial charge in [0, 0.05) is 6.42 Å². The summed E-state index contributed by atoms with van der Waals surface area (Å²) in [4.78, 5) is 22.7. The van der Waals surface area contributed by atoms with Crippen molar-refractivity contribution in [1.82, 2.24) is 5.32 Å². The van der Waals surface area contributed by atoms with Crippen molar-refractivity contribution >= 4 is 11.9 Å². The van der Waals surface area contributed by atoms with Gasteiger partial charge in [-0.15, -0.1) is 0 Å². The van der Waals surface area contributed by atoms with Crippen LogP contribution in [0.3, 0.4) is 0 Å². The Labute approximate surface area is 128 Å². The van der Waals surface area contributed by atoms with Crippen molar-refractivity contribution < 1.29 is 27.9 Å². The summed E-state index contributed by atoms with van der Waals surface area (Å²) in [6.45, 7) is 6.31. The molecule has 0 spiro atoms. The standard InChI is InChI=1S/C15H24F3NO3/c1-9-4-10(7-14(2,3)6-9)5-12(20)19-11(13(21)22)8-15(16,17)18/h9-11H,4-8H2,1-3H3,(H,19,20)(H,21,22). The van der Waals surface area contributed by atoms with Crippen LogP contribution in [0.4, 0.5) is 13.2 Å². The van der Waals surface area contributed by atoms with E-state index in [1.165, 1.54) is 0 Å². The van der Waals surface area contributed by atoms with Crippen molar-refractivity contribution in [2.75, 3.05) is 0 Å². The molecule has 1 amide bonds. The molecule has 0 aliphatic heterocycles. The van der Waals surface area contributed by atoms with Gasteiger partial charge in [0.25, 0.3) is 0 Å². The first-order valence-corrected chi connectivity index (χ1v) is 7.47. The molecular formula is C15H24F3NO3. The first kappa shape index (κ1) is 18.8. The van der Waals surface area contributed by atoms with Gasteiger partial charge in [0.05, 0.1) is 6.42 Å². The summed E-state index contributed by atoms with van der Waals surface area (Å²) in [5, 5.41) is 10.8. The number of hydrogen-bond acceptors (Lipinski definition) is 2. The highest BCUT2D eigenvalue weighted by Crippen LogP contribution is 2.42. The molecule has 0 aromatic carbocycles. The first-order valence-electron chi connectivity index (χ1n) is 7.47. The fraction of sp³-hybridized carbons (Fsp3) is 0.867. The highest BCUT2D eigenvalue weighted by molar-refractivity contribution is 5.83. The molecule has 1 fully saturated rings. The Bertz CT molecular complexity index is 421. The second-order valence-corrected chi connectivity index (χ2v) is 7.26. The second kappa shape index (κ2) is 6.87. The lowest BCUT2D eigenvalue weighted by molar-refractivity contribution is -0.160. The van der Waals surface area contributed by atoms with Gasteiger partial charge in [0.1, 0.15) is 6.04 Å². The molecule has 128 valence electrons. The molecular weight excluding hydrogens is 299 g/mol. The fourth-order valence-electron chi connectivity index (χ4n) is 3.65. The number of alkyl halides is 3. The van der Waals surface area contributed by atoms with Crippen LogP contribution >= 0.6 is 0 Å². The molecule has 0 heterocycles. The molecule has 1 rings (SSSR count). The quantitative estimate of drug-likeness (QED) is 0.815. The van der Waals surface area contributed by atoms with E-state index in [4.69, 9.17) is 5.11 Å². The van der Waals surface area contributed by atoms with Gasteiger partial charge in [-0.05, 0) is 36.5 Å². The third kappa shape index (κ3) is 6.66. The van der Waals surface area contributed by atoms with Crippen LogP contribution in [0.1, 0.15) is 52.9 Å². The number of nitrogens with one attached hydrogen (secondary N) is 1. The zero-order valence-electron chi connectivity index (χ0n) is 13.2. The van der Waals surface area contributed by atoms with Gasteiger partial charge in [-0.1, -0.05) is 20.8 Å². The number of carboxylic acid groups (broad SMARTS) is 1. The highest BCUT2D eigenvalue weighted by Gasteiger charge is 2.37. The largest absolute Gasteiger partial charge is 0.480 e. The molecule has 0 aromatic rings. The van der Waals surface area contributed by atoms with Crippen LogP contribution in [0.2, 0.25) is 0 Å². The molecule has 1 aliphatic carbocycles. The van der Waals surface area contributed by atoms with E-state index >= 15 is 0 Å². The number of carbonyl (C=O) groups excluding carboxylic acids is 1. The average Bonchev–Trinajstić information content (AvgIpc) is 2.22. The molecule has 3 unspecified atom stereocenters. The minimum Gasteiger partial charge on any atom is -0.480 e. The SMILES string of the molecule is CC1CC(CC(=O)NC(CC(F)(F)F)C(=O)O)CC(C)(C)C1.